The van der Waals surface area contributed by atoms with Gasteiger partial charge in [0.1, 0.15) is 12.1 Å². The number of aromatic nitrogens is 2. The van der Waals surface area contributed by atoms with Crippen LogP contribution in [0.2, 0.25) is 5.02 Å². The van der Waals surface area contributed by atoms with Crippen molar-refractivity contribution in [2.45, 2.75) is 6.92 Å². The quantitative estimate of drug-likeness (QED) is 0.684. The first-order valence-electron chi connectivity index (χ1n) is 5.18. The minimum atomic E-state index is -0.582. The zero-order valence-corrected chi connectivity index (χ0v) is 10.6. The largest absolute Gasteiger partial charge is 0.430 e. The molecule has 0 bridgehead atoms. The molecule has 0 atom stereocenters. The fourth-order valence-corrected chi connectivity index (χ4v) is 1.60. The third kappa shape index (κ3) is 2.55. The summed E-state index contributed by atoms with van der Waals surface area (Å²) in [7, 11) is 0. The van der Waals surface area contributed by atoms with Gasteiger partial charge in [0.25, 0.3) is 0 Å². The third-order valence-corrected chi connectivity index (χ3v) is 2.72. The standard InChI is InChI=1S/C11H9ClN4O3/c1-6-10(13)14-5-15-11(6)19-9-7(12)3-2-4-8(9)16(17)18/h2-5H,1H3,(H2,13,14,15). The zero-order valence-electron chi connectivity index (χ0n) is 9.83. The second-order valence-corrected chi connectivity index (χ2v) is 4.04. The number of hydrogen-bond acceptors (Lipinski definition) is 6. The molecular weight excluding hydrogens is 272 g/mol. The zero-order chi connectivity index (χ0) is 14.0. The lowest BCUT2D eigenvalue weighted by Crippen LogP contribution is -2.00. The normalized spacial score (nSPS) is 10.2. The van der Waals surface area contributed by atoms with Crippen LogP contribution in [0, 0.1) is 17.0 Å². The molecule has 0 aliphatic carbocycles. The lowest BCUT2D eigenvalue weighted by atomic mass is 10.3. The number of nitro benzene ring substituents is 1. The first-order chi connectivity index (χ1) is 9.00. The molecule has 2 aromatic rings. The molecule has 7 nitrogen and oxygen atoms in total. The number of nitrogens with zero attached hydrogens (tertiary/aromatic N) is 3. The van der Waals surface area contributed by atoms with E-state index in [2.05, 4.69) is 9.97 Å². The van der Waals surface area contributed by atoms with Crippen LogP contribution in [0.4, 0.5) is 11.5 Å². The molecule has 2 N–H and O–H groups in total. The SMILES string of the molecule is Cc1c(N)ncnc1Oc1c(Cl)cccc1[N+](=O)[O-]. The molecule has 1 aromatic heterocycles. The highest BCUT2D eigenvalue weighted by Gasteiger charge is 2.20. The van der Waals surface area contributed by atoms with Crippen LogP contribution in [-0.2, 0) is 0 Å². The van der Waals surface area contributed by atoms with Crippen molar-refractivity contribution in [2.24, 2.45) is 0 Å². The topological polar surface area (TPSA) is 104 Å². The molecule has 1 aromatic carbocycles. The van der Waals surface area contributed by atoms with Gasteiger partial charge in [-0.1, -0.05) is 17.7 Å². The van der Waals surface area contributed by atoms with Crippen molar-refractivity contribution >= 4 is 23.1 Å². The number of benzene rings is 1. The van der Waals surface area contributed by atoms with E-state index in [1.54, 1.807) is 6.92 Å². The van der Waals surface area contributed by atoms with Gasteiger partial charge in [-0.2, -0.15) is 0 Å². The number of nitrogens with two attached hydrogens (primary N) is 1. The van der Waals surface area contributed by atoms with Gasteiger partial charge >= 0.3 is 5.69 Å². The van der Waals surface area contributed by atoms with Crippen molar-refractivity contribution in [3.05, 3.63) is 45.2 Å². The molecule has 0 aliphatic rings. The molecular formula is C11H9ClN4O3. The maximum absolute atomic E-state index is 10.9. The summed E-state index contributed by atoms with van der Waals surface area (Å²) in [6.45, 7) is 1.65. The molecule has 19 heavy (non-hydrogen) atoms. The predicted octanol–water partition coefficient (Wildman–Crippen LogP) is 2.72. The minimum absolute atomic E-state index is 0.0737. The van der Waals surface area contributed by atoms with Crippen LogP contribution in [0.5, 0.6) is 11.6 Å². The van der Waals surface area contributed by atoms with Gasteiger partial charge in [0.2, 0.25) is 11.6 Å². The highest BCUT2D eigenvalue weighted by atomic mass is 35.5. The van der Waals surface area contributed by atoms with Crippen molar-refractivity contribution < 1.29 is 9.66 Å². The summed E-state index contributed by atoms with van der Waals surface area (Å²) in [5.74, 6) is 0.291. The molecule has 0 aliphatic heterocycles. The number of nitro groups is 1. The van der Waals surface area contributed by atoms with E-state index in [0.29, 0.717) is 5.56 Å². The van der Waals surface area contributed by atoms with Crippen LogP contribution in [0.3, 0.4) is 0 Å². The summed E-state index contributed by atoms with van der Waals surface area (Å²) >= 11 is 5.91. The third-order valence-electron chi connectivity index (χ3n) is 2.42. The van der Waals surface area contributed by atoms with Gasteiger partial charge in [-0.15, -0.1) is 0 Å². The van der Waals surface area contributed by atoms with E-state index in [4.69, 9.17) is 22.1 Å². The van der Waals surface area contributed by atoms with Gasteiger partial charge in [0.15, 0.2) is 0 Å². The van der Waals surface area contributed by atoms with Crippen LogP contribution >= 0.6 is 11.6 Å². The molecule has 0 fully saturated rings. The van der Waals surface area contributed by atoms with Crippen LogP contribution < -0.4 is 10.5 Å². The Labute approximate surface area is 113 Å². The van der Waals surface area contributed by atoms with Crippen LogP contribution in [-0.4, -0.2) is 14.9 Å². The molecule has 0 radical (unpaired) electrons. The number of ether oxygens (including phenoxy) is 1. The second-order valence-electron chi connectivity index (χ2n) is 3.64. The van der Waals surface area contributed by atoms with Gasteiger partial charge in [-0.05, 0) is 13.0 Å². The van der Waals surface area contributed by atoms with Crippen LogP contribution in [0.15, 0.2) is 24.5 Å². The number of para-hydroxylation sites is 1. The first-order valence-corrected chi connectivity index (χ1v) is 5.56. The van der Waals surface area contributed by atoms with E-state index in [1.165, 1.54) is 24.5 Å². The summed E-state index contributed by atoms with van der Waals surface area (Å²) in [5, 5.41) is 11.0. The Morgan fingerprint density at radius 1 is 1.42 bits per heavy atom. The van der Waals surface area contributed by atoms with E-state index in [0.717, 1.165) is 0 Å². The van der Waals surface area contributed by atoms with Gasteiger partial charge in [-0.25, -0.2) is 9.97 Å². The Hall–Kier alpha value is -2.41. The number of hydrogen-bond donors (Lipinski definition) is 1. The predicted molar refractivity (Wildman–Crippen MR) is 69.4 cm³/mol. The van der Waals surface area contributed by atoms with Crippen molar-refractivity contribution in [1.82, 2.24) is 9.97 Å². The Kier molecular flexibility index (Phi) is 3.48. The van der Waals surface area contributed by atoms with Crippen molar-refractivity contribution in [3.8, 4) is 11.6 Å². The lowest BCUT2D eigenvalue weighted by molar-refractivity contribution is -0.385. The molecule has 1 heterocycles. The van der Waals surface area contributed by atoms with Gasteiger partial charge in [0.05, 0.1) is 15.5 Å². The van der Waals surface area contributed by atoms with Gasteiger partial charge < -0.3 is 10.5 Å². The highest BCUT2D eigenvalue weighted by Crippen LogP contribution is 2.38. The van der Waals surface area contributed by atoms with Crippen molar-refractivity contribution in [3.63, 3.8) is 0 Å². The van der Waals surface area contributed by atoms with E-state index in [1.807, 2.05) is 0 Å². The average molecular weight is 281 g/mol. The highest BCUT2D eigenvalue weighted by molar-refractivity contribution is 6.32. The summed E-state index contributed by atoms with van der Waals surface area (Å²) < 4.78 is 5.41. The summed E-state index contributed by atoms with van der Waals surface area (Å²) in [4.78, 5) is 18.0. The Balaban J connectivity index is 2.49. The van der Waals surface area contributed by atoms with Gasteiger partial charge in [0, 0.05) is 6.07 Å². The molecule has 0 spiro atoms. The van der Waals surface area contributed by atoms with Crippen molar-refractivity contribution in [1.29, 1.82) is 0 Å². The maximum Gasteiger partial charge on any atom is 0.313 e. The average Bonchev–Trinajstić information content (AvgIpc) is 2.36. The molecule has 2 rings (SSSR count). The Morgan fingerprint density at radius 2 is 2.16 bits per heavy atom. The fraction of sp³-hybridized carbons (Fsp3) is 0.0909. The monoisotopic (exact) mass is 280 g/mol. The number of anilines is 1. The molecule has 98 valence electrons. The van der Waals surface area contributed by atoms with E-state index in [9.17, 15) is 10.1 Å². The number of halogens is 1. The number of nitrogen functional groups attached to an aromatic ring is 1. The minimum Gasteiger partial charge on any atom is -0.430 e. The summed E-state index contributed by atoms with van der Waals surface area (Å²) in [6, 6.07) is 4.25. The second kappa shape index (κ2) is 5.07. The number of rotatable bonds is 3. The van der Waals surface area contributed by atoms with Crippen molar-refractivity contribution in [2.75, 3.05) is 5.73 Å². The molecule has 0 unspecified atom stereocenters. The van der Waals surface area contributed by atoms with Crippen LogP contribution in [0.25, 0.3) is 0 Å². The Morgan fingerprint density at radius 3 is 2.84 bits per heavy atom. The smallest absolute Gasteiger partial charge is 0.313 e. The lowest BCUT2D eigenvalue weighted by Gasteiger charge is -2.09. The molecule has 8 heteroatoms. The first kappa shape index (κ1) is 13.0. The maximum atomic E-state index is 10.9. The molecule has 0 amide bonds. The summed E-state index contributed by atoms with van der Waals surface area (Å²) in [6.07, 6.45) is 1.21. The fourth-order valence-electron chi connectivity index (χ4n) is 1.39. The summed E-state index contributed by atoms with van der Waals surface area (Å²) in [5.41, 5.74) is 5.85. The van der Waals surface area contributed by atoms with E-state index < -0.39 is 4.92 Å². The van der Waals surface area contributed by atoms with E-state index >= 15 is 0 Å². The molecule has 0 saturated carbocycles. The van der Waals surface area contributed by atoms with Gasteiger partial charge in [-0.3, -0.25) is 10.1 Å². The van der Waals surface area contributed by atoms with Crippen LogP contribution in [0.1, 0.15) is 5.56 Å². The van der Waals surface area contributed by atoms with E-state index in [-0.39, 0.29) is 28.2 Å². The Bertz CT molecular complexity index is 648. The molecule has 0 saturated heterocycles.